The first kappa shape index (κ1) is 24.7. The van der Waals surface area contributed by atoms with Crippen LogP contribution in [0, 0.1) is 5.92 Å². The van der Waals surface area contributed by atoms with Crippen molar-refractivity contribution in [2.45, 2.75) is 39.8 Å². The summed E-state index contributed by atoms with van der Waals surface area (Å²) in [5.41, 5.74) is 2.04. The van der Waals surface area contributed by atoms with E-state index in [1.54, 1.807) is 7.11 Å². The first-order valence-corrected chi connectivity index (χ1v) is 12.0. The van der Waals surface area contributed by atoms with Crippen LogP contribution in [0.5, 0.6) is 11.5 Å². The Morgan fingerprint density at radius 2 is 1.74 bits per heavy atom. The second-order valence-electron chi connectivity index (χ2n) is 7.54. The molecule has 8 heteroatoms. The average Bonchev–Trinajstić information content (AvgIpc) is 2.76. The highest BCUT2D eigenvalue weighted by Gasteiger charge is 2.26. The van der Waals surface area contributed by atoms with Crippen LogP contribution >= 0.6 is 0 Å². The topological polar surface area (TPSA) is 93.7 Å². The molecule has 2 rings (SSSR count). The number of carbonyl (C=O) groups is 1. The van der Waals surface area contributed by atoms with Crippen LogP contribution in [0.4, 0.5) is 0 Å². The van der Waals surface area contributed by atoms with E-state index in [9.17, 15) is 13.2 Å². The minimum absolute atomic E-state index is 0.0675. The van der Waals surface area contributed by atoms with Gasteiger partial charge in [0.15, 0.2) is 11.5 Å². The van der Waals surface area contributed by atoms with Gasteiger partial charge in [0.1, 0.15) is 12.6 Å². The summed E-state index contributed by atoms with van der Waals surface area (Å²) in [4.78, 5) is 12.5. The molecule has 0 bridgehead atoms. The molecule has 2 aromatic rings. The highest BCUT2D eigenvalue weighted by molar-refractivity contribution is 7.89. The van der Waals surface area contributed by atoms with Gasteiger partial charge in [-0.15, -0.1) is 0 Å². The quantitative estimate of drug-likeness (QED) is 0.521. The Kier molecular flexibility index (Phi) is 9.33. The number of methoxy groups -OCH3 is 1. The summed E-state index contributed by atoms with van der Waals surface area (Å²) in [5.74, 6) is 0.704. The third-order valence-corrected chi connectivity index (χ3v) is 6.19. The first-order chi connectivity index (χ1) is 14.8. The number of rotatable bonds is 12. The zero-order valence-corrected chi connectivity index (χ0v) is 19.4. The van der Waals surface area contributed by atoms with Gasteiger partial charge in [-0.2, -0.15) is 0 Å². The molecule has 1 atom stereocenters. The molecular weight excluding hydrogens is 416 g/mol. The lowest BCUT2D eigenvalue weighted by atomic mass is 10.0. The van der Waals surface area contributed by atoms with Gasteiger partial charge in [-0.3, -0.25) is 4.79 Å². The summed E-state index contributed by atoms with van der Waals surface area (Å²) in [5, 5.41) is 2.82. The second-order valence-corrected chi connectivity index (χ2v) is 9.59. The number of hydrogen-bond donors (Lipinski definition) is 2. The summed E-state index contributed by atoms with van der Waals surface area (Å²) in [6.07, 6.45) is 0.576. The highest BCUT2D eigenvalue weighted by Crippen LogP contribution is 2.29. The molecule has 0 aliphatic carbocycles. The maximum atomic E-state index is 12.5. The van der Waals surface area contributed by atoms with Crippen LogP contribution in [0.3, 0.4) is 0 Å². The van der Waals surface area contributed by atoms with Crippen LogP contribution in [0.15, 0.2) is 48.5 Å². The molecule has 0 aromatic heterocycles. The SMILES string of the molecule is CCS(=O)(=O)N[C@H](C(=O)NCCc1ccc(OCc2ccccc2)c(OC)c1)C(C)C. The lowest BCUT2D eigenvalue weighted by Gasteiger charge is -2.21. The van der Waals surface area contributed by atoms with Gasteiger partial charge in [-0.25, -0.2) is 13.1 Å². The first-order valence-electron chi connectivity index (χ1n) is 10.4. The Morgan fingerprint density at radius 1 is 1.03 bits per heavy atom. The maximum absolute atomic E-state index is 12.5. The fourth-order valence-corrected chi connectivity index (χ4v) is 3.86. The lowest BCUT2D eigenvalue weighted by molar-refractivity contribution is -0.123. The van der Waals surface area contributed by atoms with Gasteiger partial charge in [-0.05, 0) is 42.5 Å². The van der Waals surface area contributed by atoms with Crippen LogP contribution in [-0.4, -0.2) is 39.8 Å². The predicted molar refractivity (Wildman–Crippen MR) is 122 cm³/mol. The van der Waals surface area contributed by atoms with Crippen molar-refractivity contribution in [2.24, 2.45) is 5.92 Å². The van der Waals surface area contributed by atoms with Crippen LogP contribution in [0.2, 0.25) is 0 Å². The van der Waals surface area contributed by atoms with Crippen molar-refractivity contribution in [3.05, 3.63) is 59.7 Å². The van der Waals surface area contributed by atoms with E-state index in [-0.39, 0.29) is 17.6 Å². The number of ether oxygens (including phenoxy) is 2. The van der Waals surface area contributed by atoms with Crippen LogP contribution < -0.4 is 19.5 Å². The number of hydrogen-bond acceptors (Lipinski definition) is 5. The summed E-state index contributed by atoms with van der Waals surface area (Å²) >= 11 is 0. The average molecular weight is 449 g/mol. The molecule has 31 heavy (non-hydrogen) atoms. The van der Waals surface area contributed by atoms with E-state index in [0.717, 1.165) is 11.1 Å². The highest BCUT2D eigenvalue weighted by atomic mass is 32.2. The van der Waals surface area contributed by atoms with Gasteiger partial charge in [0, 0.05) is 6.54 Å². The Morgan fingerprint density at radius 3 is 2.35 bits per heavy atom. The van der Waals surface area contributed by atoms with Gasteiger partial charge < -0.3 is 14.8 Å². The Balaban J connectivity index is 1.93. The van der Waals surface area contributed by atoms with E-state index >= 15 is 0 Å². The number of amides is 1. The Bertz CT molecular complexity index is 946. The minimum atomic E-state index is -3.47. The van der Waals surface area contributed by atoms with Crippen molar-refractivity contribution < 1.29 is 22.7 Å². The molecule has 2 N–H and O–H groups in total. The predicted octanol–water partition coefficient (Wildman–Crippen LogP) is 2.90. The summed E-state index contributed by atoms with van der Waals surface area (Å²) < 4.78 is 37.5. The molecule has 170 valence electrons. The Hall–Kier alpha value is -2.58. The third kappa shape index (κ3) is 7.88. The van der Waals surface area contributed by atoms with Crippen LogP contribution in [-0.2, 0) is 27.8 Å². The van der Waals surface area contributed by atoms with Crippen molar-refractivity contribution in [1.82, 2.24) is 10.0 Å². The number of sulfonamides is 1. The summed E-state index contributed by atoms with van der Waals surface area (Å²) in [7, 11) is -1.88. The van der Waals surface area contributed by atoms with E-state index < -0.39 is 16.1 Å². The molecule has 1 amide bonds. The van der Waals surface area contributed by atoms with Crippen molar-refractivity contribution in [1.29, 1.82) is 0 Å². The molecule has 0 radical (unpaired) electrons. The van der Waals surface area contributed by atoms with Gasteiger partial charge in [0.05, 0.1) is 12.9 Å². The number of nitrogens with one attached hydrogen (secondary N) is 2. The largest absolute Gasteiger partial charge is 0.493 e. The van der Waals surface area contributed by atoms with Gasteiger partial charge in [-0.1, -0.05) is 50.2 Å². The third-order valence-electron chi connectivity index (χ3n) is 4.81. The molecule has 0 aliphatic heterocycles. The molecule has 0 aliphatic rings. The van der Waals surface area contributed by atoms with Crippen LogP contribution in [0.25, 0.3) is 0 Å². The van der Waals surface area contributed by atoms with E-state index in [0.29, 0.717) is 31.1 Å². The molecule has 7 nitrogen and oxygen atoms in total. The summed E-state index contributed by atoms with van der Waals surface area (Å²) in [6.45, 7) is 5.97. The van der Waals surface area contributed by atoms with Crippen molar-refractivity contribution in [2.75, 3.05) is 19.4 Å². The normalized spacial score (nSPS) is 12.4. The van der Waals surface area contributed by atoms with Crippen molar-refractivity contribution in [3.8, 4) is 11.5 Å². The molecule has 0 heterocycles. The van der Waals surface area contributed by atoms with E-state index in [4.69, 9.17) is 9.47 Å². The standard InChI is InChI=1S/C23H32N2O5S/c1-5-31(27,28)25-22(17(2)3)23(26)24-14-13-18-11-12-20(21(15-18)29-4)30-16-19-9-7-6-8-10-19/h6-12,15,17,22,25H,5,13-14,16H2,1-4H3,(H,24,26)/t22-/m0/s1. The molecule has 0 spiro atoms. The molecule has 0 saturated heterocycles. The molecule has 2 aromatic carbocycles. The van der Waals surface area contributed by atoms with E-state index in [2.05, 4.69) is 10.0 Å². The van der Waals surface area contributed by atoms with Gasteiger partial charge in [0.25, 0.3) is 0 Å². The zero-order valence-electron chi connectivity index (χ0n) is 18.6. The summed E-state index contributed by atoms with van der Waals surface area (Å²) in [6, 6.07) is 14.7. The Labute approximate surface area is 185 Å². The molecular formula is C23H32N2O5S. The van der Waals surface area contributed by atoms with Crippen LogP contribution in [0.1, 0.15) is 31.9 Å². The molecule has 0 fully saturated rings. The minimum Gasteiger partial charge on any atom is -0.493 e. The van der Waals surface area contributed by atoms with Gasteiger partial charge >= 0.3 is 0 Å². The van der Waals surface area contributed by atoms with Crippen molar-refractivity contribution >= 4 is 15.9 Å². The van der Waals surface area contributed by atoms with Gasteiger partial charge in [0.2, 0.25) is 15.9 Å². The fraction of sp³-hybridized carbons (Fsp3) is 0.435. The number of benzene rings is 2. The molecule has 0 unspecified atom stereocenters. The van der Waals surface area contributed by atoms with Crippen molar-refractivity contribution in [3.63, 3.8) is 0 Å². The zero-order chi connectivity index (χ0) is 22.9. The maximum Gasteiger partial charge on any atom is 0.238 e. The monoisotopic (exact) mass is 448 g/mol. The lowest BCUT2D eigenvalue weighted by Crippen LogP contribution is -2.50. The van der Waals surface area contributed by atoms with E-state index in [1.165, 1.54) is 6.92 Å². The molecule has 0 saturated carbocycles. The second kappa shape index (κ2) is 11.7. The smallest absolute Gasteiger partial charge is 0.238 e. The van der Waals surface area contributed by atoms with E-state index in [1.807, 2.05) is 62.4 Å². The number of carbonyl (C=O) groups excluding carboxylic acids is 1. The fourth-order valence-electron chi connectivity index (χ4n) is 2.93.